The number of benzene rings is 2. The monoisotopic (exact) mass is 466 g/mol. The predicted molar refractivity (Wildman–Crippen MR) is 130 cm³/mol. The Balaban J connectivity index is 1.66. The Morgan fingerprint density at radius 2 is 1.64 bits per heavy atom. The summed E-state index contributed by atoms with van der Waals surface area (Å²) < 4.78 is 5.11. The number of amides is 3. The molecule has 9 heteroatoms. The third-order valence-electron chi connectivity index (χ3n) is 4.82. The summed E-state index contributed by atoms with van der Waals surface area (Å²) in [4.78, 5) is 41.2. The van der Waals surface area contributed by atoms with Crippen LogP contribution < -0.4 is 20.7 Å². The fourth-order valence-corrected chi connectivity index (χ4v) is 3.80. The molecule has 1 aromatic heterocycles. The van der Waals surface area contributed by atoms with E-state index in [1.165, 1.54) is 18.3 Å². The van der Waals surface area contributed by atoms with Crippen LogP contribution in [0.15, 0.2) is 53.9 Å². The van der Waals surface area contributed by atoms with Crippen LogP contribution in [0.1, 0.15) is 31.1 Å². The highest BCUT2D eigenvalue weighted by molar-refractivity contribution is 7.14. The van der Waals surface area contributed by atoms with Crippen LogP contribution in [-0.2, 0) is 9.59 Å². The lowest BCUT2D eigenvalue weighted by Crippen LogP contribution is -2.47. The van der Waals surface area contributed by atoms with Gasteiger partial charge in [0.05, 0.1) is 12.8 Å². The van der Waals surface area contributed by atoms with E-state index in [0.29, 0.717) is 27.8 Å². The zero-order valence-electron chi connectivity index (χ0n) is 18.8. The van der Waals surface area contributed by atoms with Crippen molar-refractivity contribution in [3.63, 3.8) is 0 Å². The summed E-state index contributed by atoms with van der Waals surface area (Å²) >= 11 is 1.30. The molecule has 33 heavy (non-hydrogen) atoms. The van der Waals surface area contributed by atoms with Gasteiger partial charge in [-0.3, -0.25) is 14.4 Å². The minimum absolute atomic E-state index is 0.132. The summed E-state index contributed by atoms with van der Waals surface area (Å²) in [7, 11) is 1.55. The number of rotatable bonds is 8. The molecule has 0 radical (unpaired) electrons. The van der Waals surface area contributed by atoms with Crippen LogP contribution in [0.5, 0.6) is 5.75 Å². The lowest BCUT2D eigenvalue weighted by Gasteiger charge is -2.21. The maximum atomic E-state index is 12.9. The molecular formula is C24H26N4O4S. The normalized spacial score (nSPS) is 11.5. The van der Waals surface area contributed by atoms with Crippen molar-refractivity contribution >= 4 is 39.9 Å². The van der Waals surface area contributed by atoms with Crippen molar-refractivity contribution in [1.82, 2.24) is 10.3 Å². The van der Waals surface area contributed by atoms with Gasteiger partial charge in [0.1, 0.15) is 11.8 Å². The highest BCUT2D eigenvalue weighted by Crippen LogP contribution is 2.26. The molecule has 1 heterocycles. The van der Waals surface area contributed by atoms with E-state index >= 15 is 0 Å². The van der Waals surface area contributed by atoms with Gasteiger partial charge in [0, 0.05) is 29.1 Å². The van der Waals surface area contributed by atoms with Crippen molar-refractivity contribution in [2.24, 2.45) is 5.92 Å². The highest BCUT2D eigenvalue weighted by atomic mass is 32.1. The first kappa shape index (κ1) is 23.9. The number of carbonyl (C=O) groups excluding carboxylic acids is 3. The molecule has 3 aromatic rings. The molecule has 0 bridgehead atoms. The smallest absolute Gasteiger partial charge is 0.251 e. The molecule has 0 aliphatic carbocycles. The molecule has 0 saturated carbocycles. The van der Waals surface area contributed by atoms with Crippen LogP contribution in [0.4, 0.5) is 10.8 Å². The highest BCUT2D eigenvalue weighted by Gasteiger charge is 2.25. The molecule has 0 fully saturated rings. The quantitative estimate of drug-likeness (QED) is 0.462. The van der Waals surface area contributed by atoms with Crippen LogP contribution in [0.2, 0.25) is 0 Å². The zero-order chi connectivity index (χ0) is 24.0. The Morgan fingerprint density at radius 3 is 2.21 bits per heavy atom. The largest absolute Gasteiger partial charge is 0.497 e. The van der Waals surface area contributed by atoms with Gasteiger partial charge in [0.15, 0.2) is 5.13 Å². The van der Waals surface area contributed by atoms with Crippen LogP contribution in [-0.4, -0.2) is 35.9 Å². The number of anilines is 2. The van der Waals surface area contributed by atoms with Crippen molar-refractivity contribution in [2.75, 3.05) is 17.7 Å². The minimum atomic E-state index is -0.733. The van der Waals surface area contributed by atoms with E-state index in [1.54, 1.807) is 43.5 Å². The zero-order valence-corrected chi connectivity index (χ0v) is 19.7. The van der Waals surface area contributed by atoms with Crippen molar-refractivity contribution in [3.05, 3.63) is 59.5 Å². The van der Waals surface area contributed by atoms with Crippen LogP contribution in [0, 0.1) is 5.92 Å². The van der Waals surface area contributed by atoms with Crippen molar-refractivity contribution in [1.29, 1.82) is 0 Å². The Hall–Kier alpha value is -3.72. The summed E-state index contributed by atoms with van der Waals surface area (Å²) in [6.07, 6.45) is 0. The van der Waals surface area contributed by atoms with Gasteiger partial charge < -0.3 is 20.7 Å². The molecule has 172 valence electrons. The maximum absolute atomic E-state index is 12.9. The Bertz CT molecular complexity index is 1120. The van der Waals surface area contributed by atoms with Crippen molar-refractivity contribution in [3.8, 4) is 17.0 Å². The standard InChI is InChI=1S/C24H26N4O4S/c1-14(2)21(27-22(30)17-7-11-19(32-4)12-8-17)23(31)28-24-26-20(13-33-24)16-5-9-18(10-6-16)25-15(3)29/h5-14,21H,1-4H3,(H,25,29)(H,27,30)(H,26,28,31)/t21-/m0/s1. The number of ether oxygens (including phenoxy) is 1. The molecule has 0 spiro atoms. The molecule has 3 rings (SSSR count). The third kappa shape index (κ3) is 6.39. The number of nitrogens with one attached hydrogen (secondary N) is 3. The van der Waals surface area contributed by atoms with E-state index in [1.807, 2.05) is 31.4 Å². The lowest BCUT2D eigenvalue weighted by atomic mass is 10.0. The second kappa shape index (κ2) is 10.7. The van der Waals surface area contributed by atoms with Gasteiger partial charge in [0.25, 0.3) is 5.91 Å². The van der Waals surface area contributed by atoms with E-state index < -0.39 is 6.04 Å². The molecule has 3 amide bonds. The van der Waals surface area contributed by atoms with Crippen LogP contribution >= 0.6 is 11.3 Å². The van der Waals surface area contributed by atoms with E-state index in [-0.39, 0.29) is 23.6 Å². The molecule has 8 nitrogen and oxygen atoms in total. The molecule has 0 unspecified atom stereocenters. The van der Waals surface area contributed by atoms with Gasteiger partial charge in [-0.2, -0.15) is 0 Å². The summed E-state index contributed by atoms with van der Waals surface area (Å²) in [5.74, 6) is -0.304. The molecule has 1 atom stereocenters. The fourth-order valence-electron chi connectivity index (χ4n) is 3.08. The summed E-state index contributed by atoms with van der Waals surface area (Å²) in [6, 6.07) is 13.2. The van der Waals surface area contributed by atoms with Gasteiger partial charge in [-0.05, 0) is 42.3 Å². The number of nitrogens with zero attached hydrogens (tertiary/aromatic N) is 1. The predicted octanol–water partition coefficient (Wildman–Crippen LogP) is 4.17. The van der Waals surface area contributed by atoms with E-state index in [2.05, 4.69) is 20.9 Å². The molecule has 3 N–H and O–H groups in total. The van der Waals surface area contributed by atoms with Crippen LogP contribution in [0.3, 0.4) is 0 Å². The summed E-state index contributed by atoms with van der Waals surface area (Å²) in [6.45, 7) is 5.18. The Morgan fingerprint density at radius 1 is 0.970 bits per heavy atom. The number of carbonyl (C=O) groups is 3. The molecule has 0 aliphatic rings. The van der Waals surface area contributed by atoms with Gasteiger partial charge in [-0.15, -0.1) is 11.3 Å². The van der Waals surface area contributed by atoms with Gasteiger partial charge >= 0.3 is 0 Å². The number of thiazole rings is 1. The average Bonchev–Trinajstić information content (AvgIpc) is 3.25. The summed E-state index contributed by atoms with van der Waals surface area (Å²) in [5.41, 5.74) is 2.69. The average molecular weight is 467 g/mol. The fraction of sp³-hybridized carbons (Fsp3) is 0.250. The van der Waals surface area contributed by atoms with E-state index in [9.17, 15) is 14.4 Å². The molecule has 0 aliphatic heterocycles. The molecular weight excluding hydrogens is 440 g/mol. The number of hydrogen-bond acceptors (Lipinski definition) is 6. The van der Waals surface area contributed by atoms with E-state index in [4.69, 9.17) is 4.74 Å². The Labute approximate surface area is 196 Å². The van der Waals surface area contributed by atoms with Crippen molar-refractivity contribution < 1.29 is 19.1 Å². The molecule has 2 aromatic carbocycles. The van der Waals surface area contributed by atoms with Crippen molar-refractivity contribution in [2.45, 2.75) is 26.8 Å². The van der Waals surface area contributed by atoms with Crippen LogP contribution in [0.25, 0.3) is 11.3 Å². The SMILES string of the molecule is COc1ccc(C(=O)N[C@H](C(=O)Nc2nc(-c3ccc(NC(C)=O)cc3)cs2)C(C)C)cc1. The summed E-state index contributed by atoms with van der Waals surface area (Å²) in [5, 5.41) is 10.6. The second-order valence-electron chi connectivity index (χ2n) is 7.71. The number of aromatic nitrogens is 1. The van der Waals surface area contributed by atoms with Gasteiger partial charge in [0.2, 0.25) is 11.8 Å². The van der Waals surface area contributed by atoms with Gasteiger partial charge in [-0.25, -0.2) is 4.98 Å². The first-order chi connectivity index (χ1) is 15.8. The maximum Gasteiger partial charge on any atom is 0.251 e. The lowest BCUT2D eigenvalue weighted by molar-refractivity contribution is -0.119. The topological polar surface area (TPSA) is 109 Å². The van der Waals surface area contributed by atoms with E-state index in [0.717, 1.165) is 5.56 Å². The number of methoxy groups -OCH3 is 1. The third-order valence-corrected chi connectivity index (χ3v) is 5.58. The second-order valence-corrected chi connectivity index (χ2v) is 8.57. The van der Waals surface area contributed by atoms with Gasteiger partial charge in [-0.1, -0.05) is 26.0 Å². The first-order valence-electron chi connectivity index (χ1n) is 10.4. The first-order valence-corrected chi connectivity index (χ1v) is 11.2. The molecule has 0 saturated heterocycles. The Kier molecular flexibility index (Phi) is 7.78. The number of hydrogen-bond donors (Lipinski definition) is 3. The minimum Gasteiger partial charge on any atom is -0.497 e.